The van der Waals surface area contributed by atoms with Crippen molar-refractivity contribution in [3.8, 4) is 0 Å². The standard InChI is InChI=1S/C24H42N4O/c1-2-24(29)26-22-14-20(19-8-4-3-5-9-19)13-21(15-22)23-10-12-28(27-23)17-18-7-6-11-25-16-18/h2,18-23,25,27H,1,3-17H2,(H,26,29). The number of nitrogens with one attached hydrogen (secondary N) is 3. The van der Waals surface area contributed by atoms with E-state index in [1.54, 1.807) is 0 Å². The van der Waals surface area contributed by atoms with Crippen LogP contribution in [0, 0.1) is 23.7 Å². The Balaban J connectivity index is 1.35. The van der Waals surface area contributed by atoms with Crippen LogP contribution in [0.15, 0.2) is 12.7 Å². The van der Waals surface area contributed by atoms with E-state index in [0.29, 0.717) is 18.0 Å². The van der Waals surface area contributed by atoms with Crippen molar-refractivity contribution in [2.75, 3.05) is 26.2 Å². The lowest BCUT2D eigenvalue weighted by atomic mass is 9.67. The summed E-state index contributed by atoms with van der Waals surface area (Å²) in [4.78, 5) is 12.0. The van der Waals surface area contributed by atoms with E-state index in [4.69, 9.17) is 0 Å². The van der Waals surface area contributed by atoms with Crippen LogP contribution in [-0.4, -0.2) is 49.2 Å². The molecule has 2 saturated heterocycles. The summed E-state index contributed by atoms with van der Waals surface area (Å²) in [5.74, 6) is 3.13. The summed E-state index contributed by atoms with van der Waals surface area (Å²) in [6, 6.07) is 0.908. The minimum atomic E-state index is 0.00357. The lowest BCUT2D eigenvalue weighted by Crippen LogP contribution is -2.48. The largest absolute Gasteiger partial charge is 0.350 e. The highest BCUT2D eigenvalue weighted by atomic mass is 16.1. The number of hydrogen-bond acceptors (Lipinski definition) is 4. The fourth-order valence-electron chi connectivity index (χ4n) is 6.64. The highest BCUT2D eigenvalue weighted by Gasteiger charge is 2.39. The first-order chi connectivity index (χ1) is 14.2. The Morgan fingerprint density at radius 3 is 2.59 bits per heavy atom. The van der Waals surface area contributed by atoms with E-state index in [0.717, 1.165) is 24.2 Å². The van der Waals surface area contributed by atoms with Crippen LogP contribution < -0.4 is 16.1 Å². The SMILES string of the molecule is C=CC(=O)NC1CC(C2CCCCC2)CC(C2CCN(CC3CCCNC3)N2)C1. The summed E-state index contributed by atoms with van der Waals surface area (Å²) in [6.07, 6.45) is 16.0. The molecule has 5 nitrogen and oxygen atoms in total. The molecule has 4 rings (SSSR count). The highest BCUT2D eigenvalue weighted by molar-refractivity contribution is 5.87. The first-order valence-electron chi connectivity index (χ1n) is 12.4. The number of carbonyl (C=O) groups is 1. The molecule has 4 aliphatic rings. The molecule has 5 heteroatoms. The molecule has 2 aliphatic heterocycles. The zero-order valence-corrected chi connectivity index (χ0v) is 18.2. The molecule has 0 radical (unpaired) electrons. The van der Waals surface area contributed by atoms with Crippen LogP contribution in [-0.2, 0) is 4.79 Å². The van der Waals surface area contributed by atoms with Crippen molar-refractivity contribution >= 4 is 5.91 Å². The molecule has 2 heterocycles. The molecule has 1 amide bonds. The van der Waals surface area contributed by atoms with Crippen LogP contribution in [0.5, 0.6) is 0 Å². The third kappa shape index (κ3) is 5.83. The van der Waals surface area contributed by atoms with Gasteiger partial charge in [-0.25, -0.2) is 5.01 Å². The fraction of sp³-hybridized carbons (Fsp3) is 0.875. The van der Waals surface area contributed by atoms with E-state index in [2.05, 4.69) is 27.6 Å². The number of piperidine rings is 1. The molecule has 0 bridgehead atoms. The van der Waals surface area contributed by atoms with Crippen molar-refractivity contribution in [1.82, 2.24) is 21.1 Å². The van der Waals surface area contributed by atoms with Crippen LogP contribution in [0.4, 0.5) is 0 Å². The average Bonchev–Trinajstić information content (AvgIpc) is 3.23. The summed E-state index contributed by atoms with van der Waals surface area (Å²) in [7, 11) is 0. The van der Waals surface area contributed by atoms with Crippen molar-refractivity contribution in [2.24, 2.45) is 23.7 Å². The zero-order chi connectivity index (χ0) is 20.1. The van der Waals surface area contributed by atoms with Crippen LogP contribution in [0.3, 0.4) is 0 Å². The summed E-state index contributed by atoms with van der Waals surface area (Å²) in [5.41, 5.74) is 3.89. The number of amides is 1. The second-order valence-electron chi connectivity index (χ2n) is 10.2. The quantitative estimate of drug-likeness (QED) is 0.597. The van der Waals surface area contributed by atoms with Gasteiger partial charge in [-0.15, -0.1) is 0 Å². The van der Waals surface area contributed by atoms with Crippen molar-refractivity contribution in [3.05, 3.63) is 12.7 Å². The lowest BCUT2D eigenvalue weighted by molar-refractivity contribution is -0.117. The molecule has 3 N–H and O–H groups in total. The van der Waals surface area contributed by atoms with Gasteiger partial charge in [0.1, 0.15) is 0 Å². The normalized spacial score (nSPS) is 37.3. The molecule has 0 aromatic carbocycles. The average molecular weight is 403 g/mol. The summed E-state index contributed by atoms with van der Waals surface area (Å²) in [6.45, 7) is 8.38. The number of rotatable bonds is 6. The van der Waals surface area contributed by atoms with Gasteiger partial charge in [0, 0.05) is 25.2 Å². The third-order valence-corrected chi connectivity index (χ3v) is 8.13. The van der Waals surface area contributed by atoms with Crippen molar-refractivity contribution in [3.63, 3.8) is 0 Å². The Hall–Kier alpha value is -0.910. The Morgan fingerprint density at radius 2 is 1.83 bits per heavy atom. The number of nitrogens with zero attached hydrogens (tertiary/aromatic N) is 1. The van der Waals surface area contributed by atoms with Crippen LogP contribution in [0.1, 0.15) is 70.6 Å². The molecule has 0 aromatic rings. The zero-order valence-electron chi connectivity index (χ0n) is 18.2. The molecule has 4 fully saturated rings. The smallest absolute Gasteiger partial charge is 0.243 e. The van der Waals surface area contributed by atoms with Crippen LogP contribution in [0.25, 0.3) is 0 Å². The Morgan fingerprint density at radius 1 is 1.00 bits per heavy atom. The van der Waals surface area contributed by atoms with Gasteiger partial charge in [-0.3, -0.25) is 10.2 Å². The minimum Gasteiger partial charge on any atom is -0.350 e. The van der Waals surface area contributed by atoms with Gasteiger partial charge in [-0.1, -0.05) is 38.7 Å². The lowest BCUT2D eigenvalue weighted by Gasteiger charge is -2.42. The first-order valence-corrected chi connectivity index (χ1v) is 12.4. The molecule has 2 saturated carbocycles. The molecule has 0 aromatic heterocycles. The van der Waals surface area contributed by atoms with E-state index < -0.39 is 0 Å². The van der Waals surface area contributed by atoms with Crippen LogP contribution in [0.2, 0.25) is 0 Å². The summed E-state index contributed by atoms with van der Waals surface area (Å²) in [5, 5.41) is 9.32. The molecule has 164 valence electrons. The minimum absolute atomic E-state index is 0.00357. The van der Waals surface area contributed by atoms with E-state index in [1.165, 1.54) is 96.5 Å². The predicted molar refractivity (Wildman–Crippen MR) is 118 cm³/mol. The van der Waals surface area contributed by atoms with Gasteiger partial charge in [0.05, 0.1) is 0 Å². The van der Waals surface area contributed by atoms with E-state index in [1.807, 2.05) is 0 Å². The Labute approximate surface area is 177 Å². The van der Waals surface area contributed by atoms with Crippen molar-refractivity contribution in [2.45, 2.75) is 82.7 Å². The first kappa shape index (κ1) is 21.3. The van der Waals surface area contributed by atoms with Gasteiger partial charge in [-0.2, -0.15) is 0 Å². The monoisotopic (exact) mass is 402 g/mol. The van der Waals surface area contributed by atoms with Gasteiger partial charge in [0.15, 0.2) is 0 Å². The number of carbonyl (C=O) groups excluding carboxylic acids is 1. The molecular weight excluding hydrogens is 360 g/mol. The third-order valence-electron chi connectivity index (χ3n) is 8.13. The van der Waals surface area contributed by atoms with Gasteiger partial charge in [0.25, 0.3) is 0 Å². The van der Waals surface area contributed by atoms with Crippen molar-refractivity contribution < 1.29 is 4.79 Å². The topological polar surface area (TPSA) is 56.4 Å². The molecule has 5 unspecified atom stereocenters. The second-order valence-corrected chi connectivity index (χ2v) is 10.2. The summed E-state index contributed by atoms with van der Waals surface area (Å²) < 4.78 is 0. The highest BCUT2D eigenvalue weighted by Crippen LogP contribution is 2.42. The van der Waals surface area contributed by atoms with Gasteiger partial charge in [0.2, 0.25) is 5.91 Å². The maximum atomic E-state index is 12.0. The maximum absolute atomic E-state index is 12.0. The Bertz CT molecular complexity index is 541. The molecule has 2 aliphatic carbocycles. The predicted octanol–water partition coefficient (Wildman–Crippen LogP) is 3.23. The number of hydrazine groups is 1. The maximum Gasteiger partial charge on any atom is 0.243 e. The molecule has 29 heavy (non-hydrogen) atoms. The van der Waals surface area contributed by atoms with Crippen LogP contribution >= 0.6 is 0 Å². The second kappa shape index (κ2) is 10.4. The van der Waals surface area contributed by atoms with E-state index in [-0.39, 0.29) is 5.91 Å². The number of hydrogen-bond donors (Lipinski definition) is 3. The molecule has 5 atom stereocenters. The molecular formula is C24H42N4O. The summed E-state index contributed by atoms with van der Waals surface area (Å²) >= 11 is 0. The van der Waals surface area contributed by atoms with E-state index >= 15 is 0 Å². The van der Waals surface area contributed by atoms with Crippen molar-refractivity contribution in [1.29, 1.82) is 0 Å². The van der Waals surface area contributed by atoms with E-state index in [9.17, 15) is 4.79 Å². The Kier molecular flexibility index (Phi) is 7.65. The fourth-order valence-corrected chi connectivity index (χ4v) is 6.64. The van der Waals surface area contributed by atoms with Gasteiger partial charge in [-0.05, 0) is 81.4 Å². The molecule has 0 spiro atoms. The van der Waals surface area contributed by atoms with Gasteiger partial charge < -0.3 is 10.6 Å². The van der Waals surface area contributed by atoms with Gasteiger partial charge >= 0.3 is 0 Å².